The zero-order valence-corrected chi connectivity index (χ0v) is 6.99. The Morgan fingerprint density at radius 2 is 2.33 bits per heavy atom. The highest BCUT2D eigenvalue weighted by Crippen LogP contribution is 2.15. The maximum Gasteiger partial charge on any atom is 0.143 e. The van der Waals surface area contributed by atoms with Gasteiger partial charge in [-0.15, -0.1) is 0 Å². The van der Waals surface area contributed by atoms with Crippen LogP contribution < -0.4 is 0 Å². The summed E-state index contributed by atoms with van der Waals surface area (Å²) >= 11 is 5.87. The van der Waals surface area contributed by atoms with E-state index in [0.717, 1.165) is 5.56 Å². The highest BCUT2D eigenvalue weighted by molar-refractivity contribution is 6.29. The first-order chi connectivity index (χ1) is 5.83. The normalized spacial score (nSPS) is 10.8. The lowest BCUT2D eigenvalue weighted by Gasteiger charge is -2.00. The van der Waals surface area contributed by atoms with Crippen LogP contribution in [-0.4, -0.2) is 14.5 Å². The number of hydrogen-bond acceptors (Lipinski definition) is 2. The fraction of sp³-hybridized carbons (Fsp3) is 0.125. The van der Waals surface area contributed by atoms with Gasteiger partial charge in [0.05, 0.1) is 6.61 Å². The summed E-state index contributed by atoms with van der Waals surface area (Å²) in [5, 5.41) is 9.55. The van der Waals surface area contributed by atoms with Crippen LogP contribution in [-0.2, 0) is 6.61 Å². The summed E-state index contributed by atoms with van der Waals surface area (Å²) in [6.45, 7) is -0.0162. The molecule has 0 aliphatic carbocycles. The summed E-state index contributed by atoms with van der Waals surface area (Å²) in [5.74, 6) is 0. The van der Waals surface area contributed by atoms with Crippen molar-refractivity contribution in [2.24, 2.45) is 0 Å². The van der Waals surface area contributed by atoms with Crippen molar-refractivity contribution in [3.8, 4) is 0 Å². The van der Waals surface area contributed by atoms with Gasteiger partial charge in [-0.05, 0) is 12.1 Å². The Balaban J connectivity index is 2.82. The fourth-order valence-corrected chi connectivity index (χ4v) is 1.36. The highest BCUT2D eigenvalue weighted by atomic mass is 35.5. The molecule has 2 aromatic heterocycles. The van der Waals surface area contributed by atoms with Crippen LogP contribution in [0, 0.1) is 0 Å². The smallest absolute Gasteiger partial charge is 0.143 e. The average Bonchev–Trinajstić information content (AvgIpc) is 2.54. The molecule has 0 amide bonds. The summed E-state index contributed by atoms with van der Waals surface area (Å²) in [4.78, 5) is 4.07. The number of pyridine rings is 1. The van der Waals surface area contributed by atoms with Crippen LogP contribution in [0.1, 0.15) is 5.56 Å². The molecule has 0 atom stereocenters. The van der Waals surface area contributed by atoms with Gasteiger partial charge < -0.3 is 5.11 Å². The lowest BCUT2D eigenvalue weighted by atomic mass is 10.3. The molecule has 0 fully saturated rings. The number of nitrogens with zero attached hydrogens (tertiary/aromatic N) is 2. The lowest BCUT2D eigenvalue weighted by Crippen LogP contribution is -1.92. The van der Waals surface area contributed by atoms with E-state index in [-0.39, 0.29) is 6.61 Å². The number of aliphatic hydroxyl groups is 1. The van der Waals surface area contributed by atoms with E-state index in [9.17, 15) is 0 Å². The predicted molar refractivity (Wildman–Crippen MR) is 46.1 cm³/mol. The SMILES string of the molecule is OCc1ccc(Cl)n2ccnc12. The van der Waals surface area contributed by atoms with Gasteiger partial charge in [0.15, 0.2) is 0 Å². The monoisotopic (exact) mass is 182 g/mol. The van der Waals surface area contributed by atoms with Gasteiger partial charge in [-0.1, -0.05) is 11.6 Å². The minimum absolute atomic E-state index is 0.0162. The molecule has 0 saturated carbocycles. The van der Waals surface area contributed by atoms with Crippen LogP contribution in [0.3, 0.4) is 0 Å². The topological polar surface area (TPSA) is 37.5 Å². The van der Waals surface area contributed by atoms with Crippen molar-refractivity contribution in [3.05, 3.63) is 35.2 Å². The summed E-state index contributed by atoms with van der Waals surface area (Å²) in [6, 6.07) is 3.51. The van der Waals surface area contributed by atoms with E-state index in [1.807, 2.05) is 0 Å². The second kappa shape index (κ2) is 2.77. The van der Waals surface area contributed by atoms with E-state index < -0.39 is 0 Å². The van der Waals surface area contributed by atoms with Crippen LogP contribution in [0.25, 0.3) is 5.65 Å². The Morgan fingerprint density at radius 1 is 1.50 bits per heavy atom. The number of aliphatic hydroxyl groups excluding tert-OH is 1. The van der Waals surface area contributed by atoms with Crippen molar-refractivity contribution < 1.29 is 5.11 Å². The number of hydrogen-bond donors (Lipinski definition) is 1. The summed E-state index contributed by atoms with van der Waals surface area (Å²) < 4.78 is 1.73. The first-order valence-electron chi connectivity index (χ1n) is 3.54. The average molecular weight is 183 g/mol. The standard InChI is InChI=1S/C8H7ClN2O/c9-7-2-1-6(5-12)8-10-3-4-11(7)8/h1-4,12H,5H2. The molecule has 12 heavy (non-hydrogen) atoms. The summed E-state index contributed by atoms with van der Waals surface area (Å²) in [5.41, 5.74) is 1.49. The molecule has 0 spiro atoms. The van der Waals surface area contributed by atoms with Gasteiger partial charge in [-0.2, -0.15) is 0 Å². The zero-order chi connectivity index (χ0) is 8.55. The van der Waals surface area contributed by atoms with Crippen molar-refractivity contribution in [3.63, 3.8) is 0 Å². The molecule has 0 unspecified atom stereocenters. The van der Waals surface area contributed by atoms with Crippen molar-refractivity contribution in [1.82, 2.24) is 9.38 Å². The van der Waals surface area contributed by atoms with E-state index in [1.165, 1.54) is 0 Å². The number of aromatic nitrogens is 2. The molecule has 2 aromatic rings. The quantitative estimate of drug-likeness (QED) is 0.679. The minimum atomic E-state index is -0.0162. The Hall–Kier alpha value is -1.06. The number of halogens is 1. The first-order valence-corrected chi connectivity index (χ1v) is 3.92. The molecule has 4 heteroatoms. The Bertz CT molecular complexity index is 410. The molecular weight excluding hydrogens is 176 g/mol. The van der Waals surface area contributed by atoms with E-state index in [0.29, 0.717) is 10.8 Å². The van der Waals surface area contributed by atoms with Gasteiger partial charge in [-0.3, -0.25) is 4.40 Å². The third kappa shape index (κ3) is 0.983. The molecule has 3 nitrogen and oxygen atoms in total. The van der Waals surface area contributed by atoms with Crippen molar-refractivity contribution in [2.75, 3.05) is 0 Å². The Kier molecular flexibility index (Phi) is 1.75. The molecule has 2 heterocycles. The fourth-order valence-electron chi connectivity index (χ4n) is 1.16. The van der Waals surface area contributed by atoms with Crippen LogP contribution in [0.2, 0.25) is 5.15 Å². The maximum atomic E-state index is 8.95. The number of imidazole rings is 1. The van der Waals surface area contributed by atoms with Gasteiger partial charge in [0.25, 0.3) is 0 Å². The third-order valence-corrected chi connectivity index (χ3v) is 2.06. The molecule has 0 bridgehead atoms. The van der Waals surface area contributed by atoms with E-state index in [2.05, 4.69) is 4.98 Å². The predicted octanol–water partition coefficient (Wildman–Crippen LogP) is 1.48. The number of fused-ring (bicyclic) bond motifs is 1. The molecular formula is C8H7ClN2O. The van der Waals surface area contributed by atoms with Crippen molar-refractivity contribution in [1.29, 1.82) is 0 Å². The maximum absolute atomic E-state index is 8.95. The van der Waals surface area contributed by atoms with Gasteiger partial charge in [-0.25, -0.2) is 4.98 Å². The van der Waals surface area contributed by atoms with Crippen LogP contribution >= 0.6 is 11.6 Å². The third-order valence-electron chi connectivity index (χ3n) is 1.75. The molecule has 1 N–H and O–H groups in total. The first kappa shape index (κ1) is 7.58. The van der Waals surface area contributed by atoms with Crippen molar-refractivity contribution in [2.45, 2.75) is 6.61 Å². The van der Waals surface area contributed by atoms with Crippen LogP contribution in [0.4, 0.5) is 0 Å². The lowest BCUT2D eigenvalue weighted by molar-refractivity contribution is 0.282. The van der Waals surface area contributed by atoms with E-state index in [4.69, 9.17) is 16.7 Å². The molecule has 2 rings (SSSR count). The second-order valence-corrected chi connectivity index (χ2v) is 2.85. The van der Waals surface area contributed by atoms with E-state index in [1.54, 1.807) is 28.9 Å². The van der Waals surface area contributed by atoms with Gasteiger partial charge in [0.1, 0.15) is 10.8 Å². The molecule has 62 valence electrons. The van der Waals surface area contributed by atoms with Gasteiger partial charge in [0, 0.05) is 18.0 Å². The van der Waals surface area contributed by atoms with E-state index >= 15 is 0 Å². The summed E-state index contributed by atoms with van der Waals surface area (Å²) in [7, 11) is 0. The van der Waals surface area contributed by atoms with Gasteiger partial charge in [0.2, 0.25) is 0 Å². The minimum Gasteiger partial charge on any atom is -0.392 e. The van der Waals surface area contributed by atoms with Crippen molar-refractivity contribution >= 4 is 17.2 Å². The molecule has 0 radical (unpaired) electrons. The zero-order valence-electron chi connectivity index (χ0n) is 6.24. The van der Waals surface area contributed by atoms with Crippen LogP contribution in [0.5, 0.6) is 0 Å². The summed E-state index contributed by atoms with van der Waals surface area (Å²) in [6.07, 6.45) is 3.41. The van der Waals surface area contributed by atoms with Crippen LogP contribution in [0.15, 0.2) is 24.5 Å². The highest BCUT2D eigenvalue weighted by Gasteiger charge is 2.03. The second-order valence-electron chi connectivity index (χ2n) is 2.46. The molecule has 0 aliphatic heterocycles. The Morgan fingerprint density at radius 3 is 3.08 bits per heavy atom. The Labute approximate surface area is 74.2 Å². The molecule has 0 saturated heterocycles. The number of rotatable bonds is 1. The molecule has 0 aliphatic rings. The van der Waals surface area contributed by atoms with Gasteiger partial charge >= 0.3 is 0 Å². The largest absolute Gasteiger partial charge is 0.392 e. The molecule has 0 aromatic carbocycles.